The van der Waals surface area contributed by atoms with Gasteiger partial charge < -0.3 is 9.47 Å². The minimum absolute atomic E-state index is 0.434. The summed E-state index contributed by atoms with van der Waals surface area (Å²) in [5.74, 6) is 1.86. The molecule has 0 saturated heterocycles. The van der Waals surface area contributed by atoms with Gasteiger partial charge in [0, 0.05) is 12.4 Å². The zero-order chi connectivity index (χ0) is 38.1. The highest BCUT2D eigenvalue weighted by Gasteiger charge is 2.17. The first kappa shape index (κ1) is 39.3. The maximum atomic E-state index is 10.3. The Kier molecular flexibility index (Phi) is 14.9. The number of aromatic nitrogens is 4. The Balaban J connectivity index is 1.43. The van der Waals surface area contributed by atoms with Gasteiger partial charge in [0.05, 0.1) is 59.0 Å². The third-order valence-corrected chi connectivity index (χ3v) is 9.80. The summed E-state index contributed by atoms with van der Waals surface area (Å²) in [5, 5.41) is 30.2. The second-order valence-electron chi connectivity index (χ2n) is 13.7. The predicted molar refractivity (Wildman–Crippen MR) is 218 cm³/mol. The van der Waals surface area contributed by atoms with E-state index in [0.29, 0.717) is 48.0 Å². The van der Waals surface area contributed by atoms with Gasteiger partial charge in [-0.05, 0) is 72.2 Å². The van der Waals surface area contributed by atoms with Crippen LogP contribution in [0.25, 0.3) is 34.7 Å². The van der Waals surface area contributed by atoms with Gasteiger partial charge in [-0.15, -0.1) is 10.2 Å². The van der Waals surface area contributed by atoms with E-state index in [-0.39, 0.29) is 0 Å². The van der Waals surface area contributed by atoms with Crippen molar-refractivity contribution in [2.24, 2.45) is 11.8 Å². The van der Waals surface area contributed by atoms with Crippen molar-refractivity contribution in [3.8, 4) is 35.3 Å². The van der Waals surface area contributed by atoms with E-state index in [1.807, 2.05) is 109 Å². The molecule has 0 spiro atoms. The van der Waals surface area contributed by atoms with Crippen molar-refractivity contribution in [1.82, 2.24) is 19.6 Å². The lowest BCUT2D eigenvalue weighted by Crippen LogP contribution is -2.12. The highest BCUT2D eigenvalue weighted by atomic mass is 16.5. The molecule has 8 nitrogen and oxygen atoms in total. The van der Waals surface area contributed by atoms with Gasteiger partial charge >= 0.3 is 0 Å². The highest BCUT2D eigenvalue weighted by Crippen LogP contribution is 2.30. The number of hydrogen-bond donors (Lipinski definition) is 0. The molecule has 2 unspecified atom stereocenters. The number of nitrogens with zero attached hydrogens (tertiary/aromatic N) is 6. The largest absolute Gasteiger partial charge is 0.476 e. The molecule has 5 rings (SSSR count). The van der Waals surface area contributed by atoms with Crippen molar-refractivity contribution in [2.75, 3.05) is 13.2 Å². The fraction of sp³-hybridized carbons (Fsp3) is 0.348. The summed E-state index contributed by atoms with van der Waals surface area (Å²) in [6.45, 7) is 9.93. The Hall–Kier alpha value is -5.86. The van der Waals surface area contributed by atoms with Crippen molar-refractivity contribution in [2.45, 2.75) is 79.1 Å². The molecule has 2 heterocycles. The quantitative estimate of drug-likeness (QED) is 0.0742. The lowest BCUT2D eigenvalue weighted by Gasteiger charge is -2.14. The molecule has 2 aromatic heterocycles. The van der Waals surface area contributed by atoms with Gasteiger partial charge in [-0.25, -0.2) is 9.36 Å². The number of allylic oxidation sites excluding steroid dienone is 2. The van der Waals surface area contributed by atoms with Crippen LogP contribution >= 0.6 is 0 Å². The van der Waals surface area contributed by atoms with Crippen LogP contribution in [0.4, 0.5) is 0 Å². The Bertz CT molecular complexity index is 1900. The van der Waals surface area contributed by atoms with Gasteiger partial charge in [0.15, 0.2) is 0 Å². The van der Waals surface area contributed by atoms with Crippen LogP contribution in [-0.4, -0.2) is 32.8 Å². The van der Waals surface area contributed by atoms with Gasteiger partial charge in [0.25, 0.3) is 0 Å². The fourth-order valence-corrected chi connectivity index (χ4v) is 6.28. The van der Waals surface area contributed by atoms with Crippen LogP contribution in [0.5, 0.6) is 11.8 Å². The molecule has 0 radical (unpaired) electrons. The zero-order valence-electron chi connectivity index (χ0n) is 32.1. The maximum absolute atomic E-state index is 10.3. The van der Waals surface area contributed by atoms with Crippen LogP contribution in [0.1, 0.15) is 101 Å². The molecule has 0 N–H and O–H groups in total. The first-order chi connectivity index (χ1) is 26.5. The zero-order valence-corrected chi connectivity index (χ0v) is 32.1. The number of rotatable bonds is 20. The van der Waals surface area contributed by atoms with E-state index in [4.69, 9.17) is 19.7 Å². The molecule has 0 amide bonds. The predicted octanol–water partition coefficient (Wildman–Crippen LogP) is 11.4. The number of para-hydroxylation sites is 2. The summed E-state index contributed by atoms with van der Waals surface area (Å²) in [5.41, 5.74) is 5.65. The van der Waals surface area contributed by atoms with Crippen LogP contribution in [0.15, 0.2) is 97.3 Å². The van der Waals surface area contributed by atoms with E-state index >= 15 is 0 Å². The average molecular weight is 721 g/mol. The van der Waals surface area contributed by atoms with E-state index in [9.17, 15) is 10.5 Å². The third kappa shape index (κ3) is 10.6. The summed E-state index contributed by atoms with van der Waals surface area (Å²) in [6, 6.07) is 32.0. The van der Waals surface area contributed by atoms with Crippen molar-refractivity contribution in [1.29, 1.82) is 10.5 Å². The molecule has 54 heavy (non-hydrogen) atoms. The van der Waals surface area contributed by atoms with Crippen LogP contribution in [0, 0.1) is 34.5 Å². The summed E-state index contributed by atoms with van der Waals surface area (Å²) < 4.78 is 16.3. The molecule has 2 atom stereocenters. The van der Waals surface area contributed by atoms with Crippen LogP contribution < -0.4 is 9.47 Å². The highest BCUT2D eigenvalue weighted by molar-refractivity contribution is 5.93. The van der Waals surface area contributed by atoms with E-state index in [1.165, 1.54) is 0 Å². The minimum atomic E-state index is 0.434. The van der Waals surface area contributed by atoms with Gasteiger partial charge in [-0.2, -0.15) is 10.5 Å². The smallest absolute Gasteiger partial charge is 0.240 e. The Labute approximate surface area is 321 Å². The number of unbranched alkanes of at least 4 members (excludes halogenated alkanes) is 2. The molecule has 0 bridgehead atoms. The fourth-order valence-electron chi connectivity index (χ4n) is 6.28. The normalized spacial score (nSPS) is 12.9. The van der Waals surface area contributed by atoms with Gasteiger partial charge in [0.2, 0.25) is 11.8 Å². The second kappa shape index (κ2) is 20.4. The minimum Gasteiger partial charge on any atom is -0.476 e. The topological polar surface area (TPSA) is 102 Å². The van der Waals surface area contributed by atoms with Gasteiger partial charge in [-0.3, -0.25) is 0 Å². The molecule has 5 aromatic rings. The summed E-state index contributed by atoms with van der Waals surface area (Å²) in [6.07, 6.45) is 16.4. The lowest BCUT2D eigenvalue weighted by atomic mass is 9.99. The van der Waals surface area contributed by atoms with Crippen molar-refractivity contribution >= 4 is 23.3 Å². The standard InChI is InChI=1S/C46H52N6O2/c1-5-9-17-35(7-3)33-53-45-41(31-51(49-45)43-19-13-11-14-20-43)27-39(29-47)37-23-25-38(26-24-37)40(30-48)28-42-32-52(44-21-15-12-16-22-44)50-46(42)54-34-36(8-4)18-10-6-2/h11-16,19-28,31-32,35-36H,5-10,17-18,33-34H2,1-4H3/b39-27+,40-28+. The maximum Gasteiger partial charge on any atom is 0.240 e. The van der Waals surface area contributed by atoms with Crippen LogP contribution in [-0.2, 0) is 0 Å². The summed E-state index contributed by atoms with van der Waals surface area (Å²) in [4.78, 5) is 0. The Morgan fingerprint density at radius 2 is 1.00 bits per heavy atom. The molecule has 0 aliphatic heterocycles. The Morgan fingerprint density at radius 1 is 0.611 bits per heavy atom. The monoisotopic (exact) mass is 720 g/mol. The first-order valence-corrected chi connectivity index (χ1v) is 19.4. The average Bonchev–Trinajstić information content (AvgIpc) is 3.83. The van der Waals surface area contributed by atoms with Gasteiger partial charge in [-0.1, -0.05) is 127 Å². The molecular weight excluding hydrogens is 669 g/mol. The molecule has 278 valence electrons. The molecular formula is C46H52N6O2. The molecule has 0 fully saturated rings. The number of nitriles is 2. The number of ether oxygens (including phenoxy) is 2. The SMILES string of the molecule is CCCCC(CC)COc1nn(-c2ccccc2)cc1/C=C(\C#N)c1ccc(/C(C#N)=C/c2cn(-c3ccccc3)nc2OCC(CC)CCCC)cc1. The van der Waals surface area contributed by atoms with E-state index in [0.717, 1.165) is 85.0 Å². The lowest BCUT2D eigenvalue weighted by molar-refractivity contribution is 0.224. The van der Waals surface area contributed by atoms with Crippen LogP contribution in [0.2, 0.25) is 0 Å². The van der Waals surface area contributed by atoms with Gasteiger partial charge in [0.1, 0.15) is 0 Å². The number of benzene rings is 3. The molecule has 0 aliphatic rings. The van der Waals surface area contributed by atoms with Crippen molar-refractivity contribution in [3.63, 3.8) is 0 Å². The van der Waals surface area contributed by atoms with E-state index in [2.05, 4.69) is 39.8 Å². The Morgan fingerprint density at radius 3 is 1.33 bits per heavy atom. The first-order valence-electron chi connectivity index (χ1n) is 19.4. The molecule has 0 aliphatic carbocycles. The number of hydrogen-bond acceptors (Lipinski definition) is 6. The van der Waals surface area contributed by atoms with E-state index in [1.54, 1.807) is 9.36 Å². The molecule has 8 heteroatoms. The summed E-state index contributed by atoms with van der Waals surface area (Å²) in [7, 11) is 0. The van der Waals surface area contributed by atoms with E-state index < -0.39 is 0 Å². The van der Waals surface area contributed by atoms with Crippen LogP contribution in [0.3, 0.4) is 0 Å². The van der Waals surface area contributed by atoms with Crippen molar-refractivity contribution < 1.29 is 9.47 Å². The molecule has 3 aromatic carbocycles. The van der Waals surface area contributed by atoms with Crippen molar-refractivity contribution in [3.05, 3.63) is 120 Å². The summed E-state index contributed by atoms with van der Waals surface area (Å²) >= 11 is 0. The third-order valence-electron chi connectivity index (χ3n) is 9.80. The molecule has 0 saturated carbocycles. The second-order valence-corrected chi connectivity index (χ2v) is 13.7.